The molecule has 0 radical (unpaired) electrons. The number of hydroxylamine groups is 1. The molecular weight excluding hydrogens is 270 g/mol. The van der Waals surface area contributed by atoms with Gasteiger partial charge in [0.15, 0.2) is 0 Å². The molecule has 0 aromatic heterocycles. The minimum Gasteiger partial charge on any atom is -0.478 e. The van der Waals surface area contributed by atoms with Gasteiger partial charge >= 0.3 is 5.97 Å². The topological polar surface area (TPSA) is 77.8 Å². The van der Waals surface area contributed by atoms with Gasteiger partial charge in [0.1, 0.15) is 0 Å². The third-order valence-corrected chi connectivity index (χ3v) is 2.79. The molecular formula is C16H13NO4. The highest BCUT2D eigenvalue weighted by molar-refractivity contribution is 6.06. The van der Waals surface area contributed by atoms with Crippen molar-refractivity contribution in [3.63, 3.8) is 0 Å². The van der Waals surface area contributed by atoms with Crippen LogP contribution < -0.4 is 5.06 Å². The molecule has 5 nitrogen and oxygen atoms in total. The zero-order valence-corrected chi connectivity index (χ0v) is 11.0. The van der Waals surface area contributed by atoms with Gasteiger partial charge in [0.25, 0.3) is 5.91 Å². The monoisotopic (exact) mass is 283 g/mol. The average Bonchev–Trinajstić information content (AvgIpc) is 2.52. The molecule has 0 atom stereocenters. The summed E-state index contributed by atoms with van der Waals surface area (Å²) in [6, 6.07) is 14.8. The molecule has 0 spiro atoms. The predicted molar refractivity (Wildman–Crippen MR) is 78.1 cm³/mol. The van der Waals surface area contributed by atoms with Gasteiger partial charge < -0.3 is 5.11 Å². The van der Waals surface area contributed by atoms with E-state index >= 15 is 0 Å². The fraction of sp³-hybridized carbons (Fsp3) is 0. The number of para-hydroxylation sites is 1. The Hall–Kier alpha value is -2.92. The molecule has 0 unspecified atom stereocenters. The number of rotatable bonds is 4. The molecule has 0 bridgehead atoms. The first kappa shape index (κ1) is 14.5. The maximum Gasteiger partial charge on any atom is 0.337 e. The molecule has 21 heavy (non-hydrogen) atoms. The summed E-state index contributed by atoms with van der Waals surface area (Å²) < 4.78 is 0. The number of carbonyl (C=O) groups excluding carboxylic acids is 1. The number of hydrogen-bond acceptors (Lipinski definition) is 3. The van der Waals surface area contributed by atoms with Crippen LogP contribution in [0.5, 0.6) is 0 Å². The third kappa shape index (κ3) is 3.55. The quantitative estimate of drug-likeness (QED) is 0.514. The number of carboxylic acid groups (broad SMARTS) is 1. The van der Waals surface area contributed by atoms with Crippen LogP contribution in [-0.2, 0) is 4.79 Å². The van der Waals surface area contributed by atoms with E-state index in [0.717, 1.165) is 5.56 Å². The van der Waals surface area contributed by atoms with Crippen molar-refractivity contribution >= 4 is 23.6 Å². The van der Waals surface area contributed by atoms with Gasteiger partial charge in [-0.05, 0) is 23.8 Å². The number of nitrogens with zero attached hydrogens (tertiary/aromatic N) is 1. The molecule has 0 aliphatic rings. The normalized spacial score (nSPS) is 10.5. The lowest BCUT2D eigenvalue weighted by atomic mass is 10.1. The van der Waals surface area contributed by atoms with Crippen LogP contribution in [0.3, 0.4) is 0 Å². The minimum atomic E-state index is -1.22. The Morgan fingerprint density at radius 3 is 2.24 bits per heavy atom. The highest BCUT2D eigenvalue weighted by Crippen LogP contribution is 2.19. The lowest BCUT2D eigenvalue weighted by Gasteiger charge is -2.15. The minimum absolute atomic E-state index is 0.0762. The van der Waals surface area contributed by atoms with Crippen LogP contribution in [0.15, 0.2) is 60.7 Å². The molecule has 5 heteroatoms. The summed E-state index contributed by atoms with van der Waals surface area (Å²) in [5.74, 6) is -1.95. The highest BCUT2D eigenvalue weighted by Gasteiger charge is 2.17. The summed E-state index contributed by atoms with van der Waals surface area (Å²) in [6.07, 6.45) is 2.71. The van der Waals surface area contributed by atoms with E-state index in [1.54, 1.807) is 18.2 Å². The van der Waals surface area contributed by atoms with Crippen LogP contribution in [0.2, 0.25) is 0 Å². The SMILES string of the molecule is O=C(O)c1ccccc1N(O)C(=O)C=Cc1ccccc1. The largest absolute Gasteiger partial charge is 0.478 e. The lowest BCUT2D eigenvalue weighted by molar-refractivity contribution is -0.118. The first-order valence-electron chi connectivity index (χ1n) is 6.18. The van der Waals surface area contributed by atoms with Gasteiger partial charge in [0.2, 0.25) is 0 Å². The summed E-state index contributed by atoms with van der Waals surface area (Å²) in [6.45, 7) is 0. The second kappa shape index (κ2) is 6.49. The average molecular weight is 283 g/mol. The number of carbonyl (C=O) groups is 2. The summed E-state index contributed by atoms with van der Waals surface area (Å²) in [4.78, 5) is 22.9. The smallest absolute Gasteiger partial charge is 0.337 e. The van der Waals surface area contributed by atoms with Gasteiger partial charge in [-0.2, -0.15) is 5.06 Å². The number of benzene rings is 2. The molecule has 0 aliphatic carbocycles. The van der Waals surface area contributed by atoms with E-state index in [4.69, 9.17) is 5.11 Å². The van der Waals surface area contributed by atoms with E-state index in [-0.39, 0.29) is 11.3 Å². The van der Waals surface area contributed by atoms with Crippen LogP contribution in [0.25, 0.3) is 6.08 Å². The Morgan fingerprint density at radius 2 is 1.57 bits per heavy atom. The Labute approximate surface area is 121 Å². The van der Waals surface area contributed by atoms with E-state index < -0.39 is 11.9 Å². The first-order chi connectivity index (χ1) is 10.1. The maximum absolute atomic E-state index is 11.9. The Morgan fingerprint density at radius 1 is 0.952 bits per heavy atom. The molecule has 1 amide bonds. The summed E-state index contributed by atoms with van der Waals surface area (Å²) in [5.41, 5.74) is 0.569. The Kier molecular flexibility index (Phi) is 4.48. The standard InChI is InChI=1S/C16H13NO4/c18-15(11-10-12-6-2-1-3-7-12)17(21)14-9-5-4-8-13(14)16(19)20/h1-11,21H,(H,19,20). The number of anilines is 1. The Balaban J connectivity index is 2.20. The summed E-state index contributed by atoms with van der Waals surface area (Å²) >= 11 is 0. The van der Waals surface area contributed by atoms with Gasteiger partial charge in [0, 0.05) is 6.08 Å². The van der Waals surface area contributed by atoms with Crippen LogP contribution >= 0.6 is 0 Å². The molecule has 2 aromatic rings. The van der Waals surface area contributed by atoms with Crippen LogP contribution in [0, 0.1) is 0 Å². The van der Waals surface area contributed by atoms with Crippen molar-refractivity contribution in [1.82, 2.24) is 0 Å². The van der Waals surface area contributed by atoms with E-state index in [1.807, 2.05) is 18.2 Å². The molecule has 0 heterocycles. The van der Waals surface area contributed by atoms with Crippen molar-refractivity contribution in [2.24, 2.45) is 0 Å². The van der Waals surface area contributed by atoms with Gasteiger partial charge in [-0.15, -0.1) is 0 Å². The Bertz CT molecular complexity index is 680. The van der Waals surface area contributed by atoms with Crippen molar-refractivity contribution < 1.29 is 19.9 Å². The van der Waals surface area contributed by atoms with Gasteiger partial charge in [-0.1, -0.05) is 42.5 Å². The van der Waals surface area contributed by atoms with Crippen molar-refractivity contribution in [1.29, 1.82) is 0 Å². The van der Waals surface area contributed by atoms with Crippen molar-refractivity contribution in [3.8, 4) is 0 Å². The van der Waals surface area contributed by atoms with Crippen molar-refractivity contribution in [2.45, 2.75) is 0 Å². The van der Waals surface area contributed by atoms with Crippen LogP contribution in [0.4, 0.5) is 5.69 Å². The number of amides is 1. The van der Waals surface area contributed by atoms with Gasteiger partial charge in [-0.3, -0.25) is 10.0 Å². The zero-order valence-electron chi connectivity index (χ0n) is 11.0. The van der Waals surface area contributed by atoms with Gasteiger partial charge in [-0.25, -0.2) is 4.79 Å². The van der Waals surface area contributed by atoms with Crippen molar-refractivity contribution in [2.75, 3.05) is 5.06 Å². The van der Waals surface area contributed by atoms with Crippen LogP contribution in [-0.4, -0.2) is 22.2 Å². The first-order valence-corrected chi connectivity index (χ1v) is 6.18. The molecule has 106 valence electrons. The number of aromatic carboxylic acids is 1. The molecule has 0 fully saturated rings. The second-order valence-corrected chi connectivity index (χ2v) is 4.22. The third-order valence-electron chi connectivity index (χ3n) is 2.79. The molecule has 2 rings (SSSR count). The summed E-state index contributed by atoms with van der Waals surface area (Å²) in [5, 5.41) is 19.2. The number of carboxylic acids is 1. The summed E-state index contributed by atoms with van der Waals surface area (Å²) in [7, 11) is 0. The van der Waals surface area contributed by atoms with E-state index in [0.29, 0.717) is 5.06 Å². The van der Waals surface area contributed by atoms with Crippen molar-refractivity contribution in [3.05, 3.63) is 71.8 Å². The molecule has 0 saturated carbocycles. The molecule has 0 aliphatic heterocycles. The molecule has 0 saturated heterocycles. The lowest BCUT2D eigenvalue weighted by Crippen LogP contribution is -2.26. The molecule has 2 aromatic carbocycles. The zero-order chi connectivity index (χ0) is 15.2. The second-order valence-electron chi connectivity index (χ2n) is 4.22. The highest BCUT2D eigenvalue weighted by atomic mass is 16.5. The fourth-order valence-electron chi connectivity index (χ4n) is 1.76. The van der Waals surface area contributed by atoms with E-state index in [9.17, 15) is 14.8 Å². The maximum atomic E-state index is 11.9. The van der Waals surface area contributed by atoms with E-state index in [1.165, 1.54) is 30.4 Å². The van der Waals surface area contributed by atoms with E-state index in [2.05, 4.69) is 0 Å². The van der Waals surface area contributed by atoms with Crippen LogP contribution in [0.1, 0.15) is 15.9 Å². The fourth-order valence-corrected chi connectivity index (χ4v) is 1.76. The predicted octanol–water partition coefficient (Wildman–Crippen LogP) is 2.82. The van der Waals surface area contributed by atoms with Gasteiger partial charge in [0.05, 0.1) is 11.3 Å². The molecule has 2 N–H and O–H groups in total. The number of hydrogen-bond donors (Lipinski definition) is 2.